The highest BCUT2D eigenvalue weighted by Crippen LogP contribution is 2.21. The van der Waals surface area contributed by atoms with Gasteiger partial charge in [0.15, 0.2) is 0 Å². The first-order chi connectivity index (χ1) is 9.79. The predicted molar refractivity (Wildman–Crippen MR) is 83.4 cm³/mol. The normalized spacial score (nSPS) is 12.0. The van der Waals surface area contributed by atoms with E-state index in [1.165, 1.54) is 11.3 Å². The molecule has 1 rings (SSSR count). The van der Waals surface area contributed by atoms with Crippen LogP contribution in [0.5, 0.6) is 0 Å². The maximum atomic E-state index is 11.7. The SMILES string of the molecule is CC(C)C[C@H](NC(=O)CNC(=O)c1ccc(Br)s1)C(=O)O. The Hall–Kier alpha value is -1.41. The Kier molecular flexibility index (Phi) is 6.83. The zero-order chi connectivity index (χ0) is 16.0. The van der Waals surface area contributed by atoms with Gasteiger partial charge in [0.2, 0.25) is 5.91 Å². The molecule has 0 aliphatic carbocycles. The molecule has 0 fully saturated rings. The number of hydrogen-bond donors (Lipinski definition) is 3. The second kappa shape index (κ2) is 8.14. The van der Waals surface area contributed by atoms with E-state index >= 15 is 0 Å². The third kappa shape index (κ3) is 6.26. The second-order valence-electron chi connectivity index (χ2n) is 4.87. The van der Waals surface area contributed by atoms with Crippen LogP contribution in [0.2, 0.25) is 0 Å². The van der Waals surface area contributed by atoms with Gasteiger partial charge in [-0.1, -0.05) is 13.8 Å². The average Bonchev–Trinajstić information content (AvgIpc) is 2.81. The van der Waals surface area contributed by atoms with Crippen LogP contribution in [0.15, 0.2) is 15.9 Å². The Morgan fingerprint density at radius 2 is 2.00 bits per heavy atom. The van der Waals surface area contributed by atoms with E-state index in [0.717, 1.165) is 3.79 Å². The number of carboxylic acid groups (broad SMARTS) is 1. The predicted octanol–water partition coefficient (Wildman–Crippen LogP) is 1.86. The van der Waals surface area contributed by atoms with E-state index in [-0.39, 0.29) is 18.4 Å². The lowest BCUT2D eigenvalue weighted by Gasteiger charge is -2.16. The zero-order valence-electron chi connectivity index (χ0n) is 11.7. The van der Waals surface area contributed by atoms with Crippen molar-refractivity contribution in [3.8, 4) is 0 Å². The van der Waals surface area contributed by atoms with Crippen LogP contribution in [-0.2, 0) is 9.59 Å². The summed E-state index contributed by atoms with van der Waals surface area (Å²) in [5, 5.41) is 13.9. The molecular weight excluding hydrogens is 360 g/mol. The molecule has 6 nitrogen and oxygen atoms in total. The van der Waals surface area contributed by atoms with Gasteiger partial charge in [-0.3, -0.25) is 9.59 Å². The highest BCUT2D eigenvalue weighted by Gasteiger charge is 2.21. The van der Waals surface area contributed by atoms with Crippen LogP contribution in [0, 0.1) is 5.92 Å². The number of thiophene rings is 1. The van der Waals surface area contributed by atoms with E-state index in [1.54, 1.807) is 12.1 Å². The number of carbonyl (C=O) groups excluding carboxylic acids is 2. The standard InChI is InChI=1S/C13H17BrN2O4S/c1-7(2)5-8(13(19)20)16-11(17)6-15-12(18)9-3-4-10(14)21-9/h3-4,7-8H,5-6H2,1-2H3,(H,15,18)(H,16,17)(H,19,20)/t8-/m0/s1. The van der Waals surface area contributed by atoms with Crippen molar-refractivity contribution in [1.82, 2.24) is 10.6 Å². The van der Waals surface area contributed by atoms with Crippen molar-refractivity contribution in [2.75, 3.05) is 6.54 Å². The van der Waals surface area contributed by atoms with Crippen molar-refractivity contribution in [2.45, 2.75) is 26.3 Å². The van der Waals surface area contributed by atoms with Gasteiger partial charge in [-0.2, -0.15) is 0 Å². The van der Waals surface area contributed by atoms with Gasteiger partial charge < -0.3 is 15.7 Å². The van der Waals surface area contributed by atoms with E-state index in [2.05, 4.69) is 26.6 Å². The molecule has 1 atom stereocenters. The maximum Gasteiger partial charge on any atom is 0.326 e. The molecule has 0 unspecified atom stereocenters. The van der Waals surface area contributed by atoms with Gasteiger partial charge in [0, 0.05) is 0 Å². The molecule has 1 aromatic rings. The summed E-state index contributed by atoms with van der Waals surface area (Å²) in [7, 11) is 0. The monoisotopic (exact) mass is 376 g/mol. The largest absolute Gasteiger partial charge is 0.480 e. The molecular formula is C13H17BrN2O4S. The summed E-state index contributed by atoms with van der Waals surface area (Å²) in [6, 6.07) is 2.44. The van der Waals surface area contributed by atoms with Gasteiger partial charge in [-0.05, 0) is 40.4 Å². The highest BCUT2D eigenvalue weighted by atomic mass is 79.9. The van der Waals surface area contributed by atoms with Gasteiger partial charge in [-0.15, -0.1) is 11.3 Å². The molecule has 21 heavy (non-hydrogen) atoms. The first kappa shape index (κ1) is 17.6. The van der Waals surface area contributed by atoms with Crippen LogP contribution in [-0.4, -0.2) is 35.5 Å². The number of aliphatic carboxylic acids is 1. The molecule has 1 aromatic heterocycles. The highest BCUT2D eigenvalue weighted by molar-refractivity contribution is 9.11. The van der Waals surface area contributed by atoms with Crippen LogP contribution >= 0.6 is 27.3 Å². The van der Waals surface area contributed by atoms with Gasteiger partial charge >= 0.3 is 5.97 Å². The third-order valence-electron chi connectivity index (χ3n) is 2.55. The third-order valence-corrected chi connectivity index (χ3v) is 4.17. The number of carbonyl (C=O) groups is 3. The van der Waals surface area contributed by atoms with Crippen LogP contribution in [0.4, 0.5) is 0 Å². The van der Waals surface area contributed by atoms with Gasteiger partial charge in [0.1, 0.15) is 6.04 Å². The molecule has 0 aromatic carbocycles. The minimum absolute atomic E-state index is 0.143. The molecule has 1 heterocycles. The molecule has 0 saturated carbocycles. The Balaban J connectivity index is 2.45. The Morgan fingerprint density at radius 1 is 1.33 bits per heavy atom. The van der Waals surface area contributed by atoms with Crippen molar-refractivity contribution in [3.05, 3.63) is 20.8 Å². The van der Waals surface area contributed by atoms with E-state index in [1.807, 2.05) is 13.8 Å². The number of nitrogens with one attached hydrogen (secondary N) is 2. The molecule has 0 radical (unpaired) electrons. The van der Waals surface area contributed by atoms with Crippen molar-refractivity contribution >= 4 is 45.1 Å². The van der Waals surface area contributed by atoms with Crippen LogP contribution < -0.4 is 10.6 Å². The summed E-state index contributed by atoms with van der Waals surface area (Å²) < 4.78 is 0.819. The van der Waals surface area contributed by atoms with E-state index in [0.29, 0.717) is 11.3 Å². The molecule has 0 aliphatic heterocycles. The summed E-state index contributed by atoms with van der Waals surface area (Å²) >= 11 is 4.50. The fourth-order valence-corrected chi connectivity index (χ4v) is 2.92. The fourth-order valence-electron chi connectivity index (χ4n) is 1.62. The number of amides is 2. The van der Waals surface area contributed by atoms with E-state index in [4.69, 9.17) is 5.11 Å². The fraction of sp³-hybridized carbons (Fsp3) is 0.462. The molecule has 0 aliphatic rings. The summed E-state index contributed by atoms with van der Waals surface area (Å²) in [6.07, 6.45) is 0.340. The quantitative estimate of drug-likeness (QED) is 0.676. The molecule has 2 amide bonds. The summed E-state index contributed by atoms with van der Waals surface area (Å²) in [4.78, 5) is 34.9. The topological polar surface area (TPSA) is 95.5 Å². The smallest absolute Gasteiger partial charge is 0.326 e. The number of carboxylic acids is 1. The molecule has 8 heteroatoms. The Labute approximate surface area is 135 Å². The number of rotatable bonds is 7. The zero-order valence-corrected chi connectivity index (χ0v) is 14.1. The average molecular weight is 377 g/mol. The lowest BCUT2D eigenvalue weighted by Crippen LogP contribution is -2.46. The second-order valence-corrected chi connectivity index (χ2v) is 7.34. The molecule has 0 saturated heterocycles. The van der Waals surface area contributed by atoms with E-state index in [9.17, 15) is 14.4 Å². The molecule has 116 valence electrons. The Bertz CT molecular complexity index is 530. The number of halogens is 1. The summed E-state index contributed by atoms with van der Waals surface area (Å²) in [5.41, 5.74) is 0. The van der Waals surface area contributed by atoms with Crippen LogP contribution in [0.1, 0.15) is 29.9 Å². The van der Waals surface area contributed by atoms with Gasteiger partial charge in [0.25, 0.3) is 5.91 Å². The first-order valence-corrected chi connectivity index (χ1v) is 7.96. The lowest BCUT2D eigenvalue weighted by atomic mass is 10.0. The van der Waals surface area contributed by atoms with Crippen molar-refractivity contribution in [1.29, 1.82) is 0 Å². The summed E-state index contributed by atoms with van der Waals surface area (Å²) in [5.74, 6) is -1.82. The molecule has 0 bridgehead atoms. The minimum atomic E-state index is -1.08. The van der Waals surface area contributed by atoms with Crippen LogP contribution in [0.25, 0.3) is 0 Å². The summed E-state index contributed by atoms with van der Waals surface area (Å²) in [6.45, 7) is 3.49. The van der Waals surface area contributed by atoms with Crippen molar-refractivity contribution in [2.24, 2.45) is 5.92 Å². The molecule has 0 spiro atoms. The van der Waals surface area contributed by atoms with Gasteiger partial charge in [0.05, 0.1) is 15.2 Å². The minimum Gasteiger partial charge on any atom is -0.480 e. The maximum absolute atomic E-state index is 11.7. The van der Waals surface area contributed by atoms with Gasteiger partial charge in [-0.25, -0.2) is 4.79 Å². The first-order valence-electron chi connectivity index (χ1n) is 6.35. The van der Waals surface area contributed by atoms with Crippen LogP contribution in [0.3, 0.4) is 0 Å². The molecule has 3 N–H and O–H groups in total. The number of hydrogen-bond acceptors (Lipinski definition) is 4. The van der Waals surface area contributed by atoms with Crippen molar-refractivity contribution < 1.29 is 19.5 Å². The lowest BCUT2D eigenvalue weighted by molar-refractivity contribution is -0.142. The Morgan fingerprint density at radius 3 is 2.48 bits per heavy atom. The van der Waals surface area contributed by atoms with Crippen molar-refractivity contribution in [3.63, 3.8) is 0 Å². The van der Waals surface area contributed by atoms with E-state index < -0.39 is 17.9 Å².